The van der Waals surface area contributed by atoms with Gasteiger partial charge in [0, 0.05) is 6.54 Å². The second-order valence-corrected chi connectivity index (χ2v) is 4.80. The molecule has 4 nitrogen and oxygen atoms in total. The summed E-state index contributed by atoms with van der Waals surface area (Å²) in [5.74, 6) is 0.585. The minimum atomic E-state index is -0.134. The second kappa shape index (κ2) is 7.79. The smallest absolute Gasteiger partial charge is 0.258 e. The minimum Gasteiger partial charge on any atom is -0.484 e. The molecular weight excluding hydrogens is 242 g/mol. The third kappa shape index (κ3) is 6.25. The van der Waals surface area contributed by atoms with Gasteiger partial charge < -0.3 is 14.8 Å². The van der Waals surface area contributed by atoms with E-state index in [1.54, 1.807) is 0 Å². The van der Waals surface area contributed by atoms with E-state index < -0.39 is 0 Å². The van der Waals surface area contributed by atoms with E-state index in [4.69, 9.17) is 9.47 Å². The molecule has 1 aromatic rings. The fourth-order valence-corrected chi connectivity index (χ4v) is 1.49. The molecule has 0 saturated carbocycles. The first-order valence-corrected chi connectivity index (χ1v) is 6.57. The number of amides is 1. The highest BCUT2D eigenvalue weighted by atomic mass is 16.5. The Hall–Kier alpha value is -1.55. The van der Waals surface area contributed by atoms with E-state index in [9.17, 15) is 4.79 Å². The Bertz CT molecular complexity index is 416. The predicted octanol–water partition coefficient (Wildman–Crippen LogP) is 2.22. The Balaban J connectivity index is 2.24. The van der Waals surface area contributed by atoms with Crippen LogP contribution in [0, 0.1) is 13.8 Å². The summed E-state index contributed by atoms with van der Waals surface area (Å²) in [5.41, 5.74) is 2.37. The number of aryl methyl sites for hydroxylation is 2. The quantitative estimate of drug-likeness (QED) is 0.769. The predicted molar refractivity (Wildman–Crippen MR) is 75.5 cm³/mol. The lowest BCUT2D eigenvalue weighted by Crippen LogP contribution is -2.32. The normalized spacial score (nSPS) is 10.6. The van der Waals surface area contributed by atoms with Crippen molar-refractivity contribution in [3.05, 3.63) is 29.3 Å². The van der Waals surface area contributed by atoms with Crippen LogP contribution in [-0.2, 0) is 9.53 Å². The zero-order valence-electron chi connectivity index (χ0n) is 12.2. The molecule has 0 atom stereocenters. The number of nitrogens with one attached hydrogen (secondary N) is 1. The molecule has 0 aliphatic carbocycles. The standard InChI is InChI=1S/C15H23NO3/c1-11(2)18-8-7-16-15(17)10-19-14-6-5-12(3)13(4)9-14/h5-6,9,11H,7-8,10H2,1-4H3,(H,16,17). The summed E-state index contributed by atoms with van der Waals surface area (Å²) in [4.78, 5) is 11.5. The highest BCUT2D eigenvalue weighted by Crippen LogP contribution is 2.16. The molecule has 0 fully saturated rings. The van der Waals surface area contributed by atoms with Crippen LogP contribution < -0.4 is 10.1 Å². The number of hydrogen-bond acceptors (Lipinski definition) is 3. The lowest BCUT2D eigenvalue weighted by molar-refractivity contribution is -0.123. The number of hydrogen-bond donors (Lipinski definition) is 1. The molecule has 0 bridgehead atoms. The molecular formula is C15H23NO3. The molecule has 0 unspecified atom stereocenters. The molecule has 106 valence electrons. The van der Waals surface area contributed by atoms with Gasteiger partial charge in [-0.25, -0.2) is 0 Å². The maximum Gasteiger partial charge on any atom is 0.258 e. The van der Waals surface area contributed by atoms with Crippen molar-refractivity contribution in [2.24, 2.45) is 0 Å². The molecule has 19 heavy (non-hydrogen) atoms. The van der Waals surface area contributed by atoms with E-state index in [2.05, 4.69) is 5.32 Å². The van der Waals surface area contributed by atoms with Gasteiger partial charge in [0.05, 0.1) is 12.7 Å². The Morgan fingerprint density at radius 2 is 2.00 bits per heavy atom. The van der Waals surface area contributed by atoms with Crippen LogP contribution in [0.3, 0.4) is 0 Å². The second-order valence-electron chi connectivity index (χ2n) is 4.80. The number of carbonyl (C=O) groups excluding carboxylic acids is 1. The number of benzene rings is 1. The van der Waals surface area contributed by atoms with Crippen molar-refractivity contribution in [1.29, 1.82) is 0 Å². The third-order valence-electron chi connectivity index (χ3n) is 2.72. The number of ether oxygens (including phenoxy) is 2. The third-order valence-corrected chi connectivity index (χ3v) is 2.72. The fraction of sp³-hybridized carbons (Fsp3) is 0.533. The van der Waals surface area contributed by atoms with Crippen LogP contribution in [0.1, 0.15) is 25.0 Å². The summed E-state index contributed by atoms with van der Waals surface area (Å²) in [7, 11) is 0. The summed E-state index contributed by atoms with van der Waals surface area (Å²) in [6.45, 7) is 9.05. The Morgan fingerprint density at radius 3 is 2.63 bits per heavy atom. The first kappa shape index (κ1) is 15.5. The molecule has 0 heterocycles. The maximum atomic E-state index is 11.5. The van der Waals surface area contributed by atoms with Crippen molar-refractivity contribution in [3.63, 3.8) is 0 Å². The molecule has 1 N–H and O–H groups in total. The summed E-state index contributed by atoms with van der Waals surface area (Å²) >= 11 is 0. The fourth-order valence-electron chi connectivity index (χ4n) is 1.49. The highest BCUT2D eigenvalue weighted by Gasteiger charge is 2.03. The van der Waals surface area contributed by atoms with Crippen molar-refractivity contribution in [2.75, 3.05) is 19.8 Å². The van der Waals surface area contributed by atoms with Gasteiger partial charge in [0.25, 0.3) is 5.91 Å². The van der Waals surface area contributed by atoms with Gasteiger partial charge in [0.15, 0.2) is 6.61 Å². The lowest BCUT2D eigenvalue weighted by Gasteiger charge is -2.10. The molecule has 0 aliphatic heterocycles. The van der Waals surface area contributed by atoms with Gasteiger partial charge in [-0.2, -0.15) is 0 Å². The topological polar surface area (TPSA) is 47.6 Å². The molecule has 0 aromatic heterocycles. The molecule has 0 aliphatic rings. The van der Waals surface area contributed by atoms with E-state index in [1.807, 2.05) is 45.9 Å². The Kier molecular flexibility index (Phi) is 6.36. The van der Waals surface area contributed by atoms with Gasteiger partial charge in [-0.05, 0) is 51.0 Å². The van der Waals surface area contributed by atoms with Gasteiger partial charge in [0.2, 0.25) is 0 Å². The number of rotatable bonds is 7. The van der Waals surface area contributed by atoms with E-state index in [1.165, 1.54) is 5.56 Å². The molecule has 1 aromatic carbocycles. The van der Waals surface area contributed by atoms with Crippen LogP contribution in [0.2, 0.25) is 0 Å². The minimum absolute atomic E-state index is 0.0319. The van der Waals surface area contributed by atoms with E-state index in [0.29, 0.717) is 13.2 Å². The zero-order valence-corrected chi connectivity index (χ0v) is 12.2. The summed E-state index contributed by atoms with van der Waals surface area (Å²) < 4.78 is 10.8. The van der Waals surface area contributed by atoms with Crippen LogP contribution in [0.15, 0.2) is 18.2 Å². The van der Waals surface area contributed by atoms with E-state index in [0.717, 1.165) is 11.3 Å². The molecule has 1 rings (SSSR count). The van der Waals surface area contributed by atoms with Crippen LogP contribution >= 0.6 is 0 Å². The zero-order chi connectivity index (χ0) is 14.3. The van der Waals surface area contributed by atoms with E-state index in [-0.39, 0.29) is 18.6 Å². The van der Waals surface area contributed by atoms with Crippen LogP contribution in [-0.4, -0.2) is 31.8 Å². The van der Waals surface area contributed by atoms with Gasteiger partial charge in [-0.15, -0.1) is 0 Å². The summed E-state index contributed by atoms with van der Waals surface area (Å²) in [6, 6.07) is 5.79. The Labute approximate surface area is 115 Å². The maximum absolute atomic E-state index is 11.5. The Morgan fingerprint density at radius 1 is 1.26 bits per heavy atom. The lowest BCUT2D eigenvalue weighted by atomic mass is 10.1. The van der Waals surface area contributed by atoms with Crippen LogP contribution in [0.25, 0.3) is 0 Å². The van der Waals surface area contributed by atoms with Gasteiger partial charge in [0.1, 0.15) is 5.75 Å². The van der Waals surface area contributed by atoms with Crippen LogP contribution in [0.4, 0.5) is 0 Å². The highest BCUT2D eigenvalue weighted by molar-refractivity contribution is 5.77. The SMILES string of the molecule is Cc1ccc(OCC(=O)NCCOC(C)C)cc1C. The monoisotopic (exact) mass is 265 g/mol. The number of carbonyl (C=O) groups is 1. The molecule has 1 amide bonds. The average Bonchev–Trinajstić information content (AvgIpc) is 2.36. The van der Waals surface area contributed by atoms with Crippen LogP contribution in [0.5, 0.6) is 5.75 Å². The van der Waals surface area contributed by atoms with Gasteiger partial charge in [-0.1, -0.05) is 6.07 Å². The van der Waals surface area contributed by atoms with Crippen molar-refractivity contribution < 1.29 is 14.3 Å². The van der Waals surface area contributed by atoms with Crippen molar-refractivity contribution >= 4 is 5.91 Å². The van der Waals surface area contributed by atoms with E-state index >= 15 is 0 Å². The van der Waals surface area contributed by atoms with Crippen molar-refractivity contribution in [1.82, 2.24) is 5.32 Å². The largest absolute Gasteiger partial charge is 0.484 e. The average molecular weight is 265 g/mol. The molecule has 4 heteroatoms. The molecule has 0 spiro atoms. The first-order valence-electron chi connectivity index (χ1n) is 6.57. The van der Waals surface area contributed by atoms with Crippen molar-refractivity contribution in [3.8, 4) is 5.75 Å². The summed E-state index contributed by atoms with van der Waals surface area (Å²) in [6.07, 6.45) is 0.184. The van der Waals surface area contributed by atoms with Gasteiger partial charge >= 0.3 is 0 Å². The van der Waals surface area contributed by atoms with Gasteiger partial charge in [-0.3, -0.25) is 4.79 Å². The molecule has 0 radical (unpaired) electrons. The first-order chi connectivity index (χ1) is 8.99. The molecule has 0 saturated heterocycles. The van der Waals surface area contributed by atoms with Crippen molar-refractivity contribution in [2.45, 2.75) is 33.8 Å². The summed E-state index contributed by atoms with van der Waals surface area (Å²) in [5, 5.41) is 2.75.